The molecule has 15 heavy (non-hydrogen) atoms. The van der Waals surface area contributed by atoms with E-state index in [0.29, 0.717) is 0 Å². The van der Waals surface area contributed by atoms with E-state index in [0.717, 1.165) is 18.2 Å². The van der Waals surface area contributed by atoms with Gasteiger partial charge in [-0.1, -0.05) is 12.1 Å². The normalized spacial score (nSPS) is 11.5. The van der Waals surface area contributed by atoms with Crippen LogP contribution in [0.1, 0.15) is 15.9 Å². The molecule has 0 spiro atoms. The second-order valence-electron chi connectivity index (χ2n) is 2.81. The number of carbonyl (C=O) groups excluding carboxylic acids is 1. The lowest BCUT2D eigenvalue weighted by atomic mass is 10.1. The Morgan fingerprint density at radius 1 is 1.40 bits per heavy atom. The summed E-state index contributed by atoms with van der Waals surface area (Å²) in [6, 6.07) is 4.09. The summed E-state index contributed by atoms with van der Waals surface area (Å²) in [5.41, 5.74) is -0.944. The number of benzene rings is 1. The first kappa shape index (κ1) is 11.7. The van der Waals surface area contributed by atoms with Gasteiger partial charge in [0.25, 0.3) is 0 Å². The largest absolute Gasteiger partial charge is 0.416 e. The Morgan fingerprint density at radius 3 is 2.60 bits per heavy atom. The van der Waals surface area contributed by atoms with Crippen molar-refractivity contribution in [2.75, 3.05) is 6.61 Å². The minimum atomic E-state index is -4.46. The standard InChI is InChI=1S/C9H8F3NO2/c10-9(11,12)7-3-1-2-6(4-7)8(14)5-15-13/h1-4H,5,13H2. The van der Waals surface area contributed by atoms with Gasteiger partial charge in [0.15, 0.2) is 5.78 Å². The molecular formula is C9H8F3NO2. The minimum Gasteiger partial charge on any atom is -0.296 e. The van der Waals surface area contributed by atoms with Crippen molar-refractivity contribution in [2.45, 2.75) is 6.18 Å². The highest BCUT2D eigenvalue weighted by molar-refractivity contribution is 5.97. The predicted molar refractivity (Wildman–Crippen MR) is 45.9 cm³/mol. The fraction of sp³-hybridized carbons (Fsp3) is 0.222. The van der Waals surface area contributed by atoms with Crippen LogP contribution in [0.15, 0.2) is 24.3 Å². The van der Waals surface area contributed by atoms with Gasteiger partial charge in [0.1, 0.15) is 6.61 Å². The highest BCUT2D eigenvalue weighted by Crippen LogP contribution is 2.29. The first-order valence-electron chi connectivity index (χ1n) is 3.97. The molecule has 0 radical (unpaired) electrons. The number of hydrogen-bond acceptors (Lipinski definition) is 3. The van der Waals surface area contributed by atoms with Gasteiger partial charge in [0, 0.05) is 5.56 Å². The van der Waals surface area contributed by atoms with Crippen molar-refractivity contribution >= 4 is 5.78 Å². The quantitative estimate of drug-likeness (QED) is 0.622. The summed E-state index contributed by atoms with van der Waals surface area (Å²) in [5.74, 6) is 4.05. The van der Waals surface area contributed by atoms with Gasteiger partial charge < -0.3 is 0 Å². The first-order chi connectivity index (χ1) is 6.95. The molecule has 0 fully saturated rings. The van der Waals surface area contributed by atoms with E-state index in [1.54, 1.807) is 0 Å². The summed E-state index contributed by atoms with van der Waals surface area (Å²) in [7, 11) is 0. The Morgan fingerprint density at radius 2 is 2.07 bits per heavy atom. The van der Waals surface area contributed by atoms with E-state index >= 15 is 0 Å². The lowest BCUT2D eigenvalue weighted by Gasteiger charge is -2.07. The SMILES string of the molecule is NOCC(=O)c1cccc(C(F)(F)F)c1. The lowest BCUT2D eigenvalue weighted by Crippen LogP contribution is -2.14. The molecule has 1 aromatic carbocycles. The number of ketones is 1. The molecule has 1 aromatic rings. The second-order valence-corrected chi connectivity index (χ2v) is 2.81. The molecule has 0 saturated heterocycles. The topological polar surface area (TPSA) is 52.3 Å². The molecule has 0 heterocycles. The fourth-order valence-electron chi connectivity index (χ4n) is 1.03. The predicted octanol–water partition coefficient (Wildman–Crippen LogP) is 1.78. The van der Waals surface area contributed by atoms with Crippen molar-refractivity contribution < 1.29 is 22.8 Å². The highest BCUT2D eigenvalue weighted by Gasteiger charge is 2.30. The van der Waals surface area contributed by atoms with E-state index in [9.17, 15) is 18.0 Å². The van der Waals surface area contributed by atoms with Crippen molar-refractivity contribution in [1.82, 2.24) is 0 Å². The highest BCUT2D eigenvalue weighted by atomic mass is 19.4. The zero-order valence-corrected chi connectivity index (χ0v) is 7.54. The Hall–Kier alpha value is -1.40. The molecule has 3 nitrogen and oxygen atoms in total. The molecule has 0 saturated carbocycles. The zero-order valence-electron chi connectivity index (χ0n) is 7.54. The number of alkyl halides is 3. The monoisotopic (exact) mass is 219 g/mol. The van der Waals surface area contributed by atoms with Gasteiger partial charge in [-0.2, -0.15) is 13.2 Å². The Labute approximate surface area is 83.6 Å². The van der Waals surface area contributed by atoms with E-state index in [2.05, 4.69) is 10.7 Å². The smallest absolute Gasteiger partial charge is 0.296 e. The van der Waals surface area contributed by atoms with Crippen LogP contribution in [-0.2, 0) is 11.0 Å². The molecule has 0 bridgehead atoms. The van der Waals surface area contributed by atoms with Gasteiger partial charge in [-0.05, 0) is 12.1 Å². The minimum absolute atomic E-state index is 0.0738. The van der Waals surface area contributed by atoms with E-state index in [-0.39, 0.29) is 5.56 Å². The maximum atomic E-state index is 12.2. The zero-order chi connectivity index (χ0) is 11.5. The summed E-state index contributed by atoms with van der Waals surface area (Å²) < 4.78 is 36.7. The van der Waals surface area contributed by atoms with Gasteiger partial charge in [-0.3, -0.25) is 9.63 Å². The summed E-state index contributed by atoms with van der Waals surface area (Å²) in [5, 5.41) is 0. The number of carbonyl (C=O) groups is 1. The Kier molecular flexibility index (Phi) is 3.43. The van der Waals surface area contributed by atoms with Crippen LogP contribution in [0.5, 0.6) is 0 Å². The molecule has 0 unspecified atom stereocenters. The van der Waals surface area contributed by atoms with Crippen molar-refractivity contribution in [3.63, 3.8) is 0 Å². The van der Waals surface area contributed by atoms with Crippen LogP contribution in [0.25, 0.3) is 0 Å². The van der Waals surface area contributed by atoms with Crippen LogP contribution >= 0.6 is 0 Å². The second kappa shape index (κ2) is 4.41. The maximum absolute atomic E-state index is 12.2. The van der Waals surface area contributed by atoms with E-state index in [4.69, 9.17) is 0 Å². The lowest BCUT2D eigenvalue weighted by molar-refractivity contribution is -0.137. The molecule has 0 aliphatic heterocycles. The molecule has 2 N–H and O–H groups in total. The molecular weight excluding hydrogens is 211 g/mol. The molecule has 1 rings (SSSR count). The summed E-state index contributed by atoms with van der Waals surface area (Å²) in [6.07, 6.45) is -4.46. The first-order valence-corrected chi connectivity index (χ1v) is 3.97. The van der Waals surface area contributed by atoms with Gasteiger partial charge in [-0.25, -0.2) is 5.90 Å². The molecule has 0 aliphatic carbocycles. The van der Waals surface area contributed by atoms with Gasteiger partial charge in [0.2, 0.25) is 0 Å². The number of nitrogens with two attached hydrogens (primary N) is 1. The average molecular weight is 219 g/mol. The Balaban J connectivity index is 2.98. The third-order valence-corrected chi connectivity index (χ3v) is 1.73. The van der Waals surface area contributed by atoms with Gasteiger partial charge in [0.05, 0.1) is 5.56 Å². The van der Waals surface area contributed by atoms with Gasteiger partial charge >= 0.3 is 6.18 Å². The number of rotatable bonds is 3. The maximum Gasteiger partial charge on any atom is 0.416 e. The van der Waals surface area contributed by atoms with Crippen LogP contribution in [0.3, 0.4) is 0 Å². The average Bonchev–Trinajstić information content (AvgIpc) is 2.17. The van der Waals surface area contributed by atoms with Crippen LogP contribution in [0.2, 0.25) is 0 Å². The molecule has 0 atom stereocenters. The van der Waals surface area contributed by atoms with Crippen LogP contribution in [0, 0.1) is 0 Å². The van der Waals surface area contributed by atoms with E-state index in [1.165, 1.54) is 6.07 Å². The van der Waals surface area contributed by atoms with E-state index in [1.807, 2.05) is 0 Å². The van der Waals surface area contributed by atoms with Crippen LogP contribution in [-0.4, -0.2) is 12.4 Å². The molecule has 82 valence electrons. The number of hydrogen-bond donors (Lipinski definition) is 1. The van der Waals surface area contributed by atoms with E-state index < -0.39 is 24.1 Å². The molecule has 0 aliphatic rings. The van der Waals surface area contributed by atoms with Crippen LogP contribution in [0.4, 0.5) is 13.2 Å². The van der Waals surface area contributed by atoms with Gasteiger partial charge in [-0.15, -0.1) is 0 Å². The summed E-state index contributed by atoms with van der Waals surface area (Å²) in [4.78, 5) is 15.2. The van der Waals surface area contributed by atoms with Crippen molar-refractivity contribution in [1.29, 1.82) is 0 Å². The Bertz CT molecular complexity index is 363. The van der Waals surface area contributed by atoms with Crippen molar-refractivity contribution in [3.8, 4) is 0 Å². The molecule has 0 aromatic heterocycles. The summed E-state index contributed by atoms with van der Waals surface area (Å²) >= 11 is 0. The third kappa shape index (κ3) is 3.03. The third-order valence-electron chi connectivity index (χ3n) is 1.73. The fourth-order valence-corrected chi connectivity index (χ4v) is 1.03. The number of Topliss-reactive ketones (excluding diaryl/α,β-unsaturated/α-hetero) is 1. The number of halogens is 3. The molecule has 0 amide bonds. The van der Waals surface area contributed by atoms with Crippen molar-refractivity contribution in [2.24, 2.45) is 5.90 Å². The molecule has 6 heteroatoms. The van der Waals surface area contributed by atoms with Crippen molar-refractivity contribution in [3.05, 3.63) is 35.4 Å². The van der Waals surface area contributed by atoms with Crippen LogP contribution < -0.4 is 5.90 Å². The summed E-state index contributed by atoms with van der Waals surface area (Å²) in [6.45, 7) is -0.443.